The minimum atomic E-state index is -0.584. The quantitative estimate of drug-likeness (QED) is 0.329. The summed E-state index contributed by atoms with van der Waals surface area (Å²) in [7, 11) is 0. The van der Waals surface area contributed by atoms with Crippen LogP contribution in [0.4, 0.5) is 0 Å². The number of imide groups is 1. The third kappa shape index (κ3) is 4.63. The molecule has 164 valence electrons. The lowest BCUT2D eigenvalue weighted by atomic mass is 9.94. The van der Waals surface area contributed by atoms with Crippen molar-refractivity contribution in [2.45, 2.75) is 13.3 Å². The molecule has 0 bridgehead atoms. The van der Waals surface area contributed by atoms with Gasteiger partial charge in [-0.1, -0.05) is 53.5 Å². The Hall–Kier alpha value is -3.59. The van der Waals surface area contributed by atoms with E-state index in [1.165, 1.54) is 0 Å². The number of benzene rings is 2. The molecular formula is C26H18Cl2N2O3. The van der Waals surface area contributed by atoms with Gasteiger partial charge >= 0.3 is 0 Å². The van der Waals surface area contributed by atoms with Gasteiger partial charge in [0.1, 0.15) is 23.2 Å². The van der Waals surface area contributed by atoms with Crippen LogP contribution >= 0.6 is 23.2 Å². The van der Waals surface area contributed by atoms with Crippen molar-refractivity contribution in [3.05, 3.63) is 98.8 Å². The molecule has 2 heterocycles. The molecule has 2 amide bonds. The zero-order valence-corrected chi connectivity index (χ0v) is 19.2. The van der Waals surface area contributed by atoms with Gasteiger partial charge in [-0.2, -0.15) is 5.26 Å². The van der Waals surface area contributed by atoms with Crippen LogP contribution in [0.15, 0.2) is 81.8 Å². The maximum absolute atomic E-state index is 13.2. The molecule has 4 rings (SSSR count). The van der Waals surface area contributed by atoms with Crippen LogP contribution in [-0.2, 0) is 16.0 Å². The molecule has 1 aliphatic heterocycles. The fraction of sp³-hybridized carbons (Fsp3) is 0.115. The highest BCUT2D eigenvalue weighted by Gasteiger charge is 2.35. The second-order valence-corrected chi connectivity index (χ2v) is 8.34. The zero-order valence-electron chi connectivity index (χ0n) is 17.6. The first-order chi connectivity index (χ1) is 15.9. The normalized spacial score (nSPS) is 15.3. The van der Waals surface area contributed by atoms with E-state index in [0.29, 0.717) is 39.1 Å². The molecule has 0 unspecified atom stereocenters. The van der Waals surface area contributed by atoms with E-state index in [1.54, 1.807) is 43.3 Å². The Morgan fingerprint density at radius 3 is 2.52 bits per heavy atom. The van der Waals surface area contributed by atoms with Crippen molar-refractivity contribution in [1.82, 2.24) is 4.90 Å². The number of amides is 2. The molecular weight excluding hydrogens is 459 g/mol. The van der Waals surface area contributed by atoms with Crippen molar-refractivity contribution < 1.29 is 14.0 Å². The number of nitrogens with zero attached hydrogens (tertiary/aromatic N) is 2. The Labute approximate surface area is 201 Å². The molecule has 1 aromatic heterocycles. The van der Waals surface area contributed by atoms with Gasteiger partial charge in [-0.15, -0.1) is 0 Å². The van der Waals surface area contributed by atoms with E-state index in [9.17, 15) is 14.9 Å². The first kappa shape index (κ1) is 22.6. The van der Waals surface area contributed by atoms with Crippen LogP contribution in [0.3, 0.4) is 0 Å². The Morgan fingerprint density at radius 2 is 1.79 bits per heavy atom. The molecule has 0 fully saturated rings. The van der Waals surface area contributed by atoms with Gasteiger partial charge in [0.15, 0.2) is 0 Å². The van der Waals surface area contributed by atoms with Crippen molar-refractivity contribution in [3.63, 3.8) is 0 Å². The molecule has 2 aromatic carbocycles. The lowest BCUT2D eigenvalue weighted by molar-refractivity contribution is -0.140. The number of carbonyl (C=O) groups is 2. The number of nitriles is 1. The van der Waals surface area contributed by atoms with Crippen molar-refractivity contribution in [1.29, 1.82) is 5.26 Å². The highest BCUT2D eigenvalue weighted by atomic mass is 35.5. The summed E-state index contributed by atoms with van der Waals surface area (Å²) in [6, 6.07) is 19.9. The molecule has 0 N–H and O–H groups in total. The number of halogens is 2. The third-order valence-electron chi connectivity index (χ3n) is 5.40. The summed E-state index contributed by atoms with van der Waals surface area (Å²) in [5.41, 5.74) is 2.11. The van der Waals surface area contributed by atoms with E-state index < -0.39 is 11.8 Å². The van der Waals surface area contributed by atoms with Crippen LogP contribution in [0, 0.1) is 11.3 Å². The summed E-state index contributed by atoms with van der Waals surface area (Å²) < 4.78 is 5.88. The fourth-order valence-corrected chi connectivity index (χ4v) is 4.00. The van der Waals surface area contributed by atoms with Crippen LogP contribution in [0.25, 0.3) is 17.4 Å². The number of furan rings is 1. The van der Waals surface area contributed by atoms with Gasteiger partial charge in [0.2, 0.25) is 0 Å². The largest absolute Gasteiger partial charge is 0.457 e. The van der Waals surface area contributed by atoms with E-state index in [-0.39, 0.29) is 17.7 Å². The summed E-state index contributed by atoms with van der Waals surface area (Å²) in [5.74, 6) is -0.180. The lowest BCUT2D eigenvalue weighted by Crippen LogP contribution is -2.43. The Morgan fingerprint density at radius 1 is 1.03 bits per heavy atom. The minimum absolute atomic E-state index is 0.0569. The maximum atomic E-state index is 13.2. The molecule has 0 atom stereocenters. The number of carbonyl (C=O) groups excluding carboxylic acids is 2. The smallest absolute Gasteiger partial charge is 0.271 e. The van der Waals surface area contributed by atoms with Gasteiger partial charge in [0.25, 0.3) is 11.8 Å². The van der Waals surface area contributed by atoms with Crippen LogP contribution in [0.1, 0.15) is 18.2 Å². The summed E-state index contributed by atoms with van der Waals surface area (Å²) >= 11 is 12.3. The van der Waals surface area contributed by atoms with Crippen molar-refractivity contribution in [3.8, 4) is 17.4 Å². The predicted octanol–water partition coefficient (Wildman–Crippen LogP) is 6.09. The van der Waals surface area contributed by atoms with E-state index >= 15 is 0 Å². The van der Waals surface area contributed by atoms with Crippen molar-refractivity contribution >= 4 is 41.1 Å². The average molecular weight is 477 g/mol. The third-order valence-corrected chi connectivity index (χ3v) is 5.96. The standard InChI is InChI=1S/C26H18Cl2N2O3/c1-16-20(14-19-8-10-24(33-19)21-13-18(27)7-9-23(21)28)25(31)30(26(32)22(16)15-29)12-11-17-5-3-2-4-6-17/h2-10,13-14H,11-12H2,1H3/b20-14+. The second-order valence-electron chi connectivity index (χ2n) is 7.49. The summed E-state index contributed by atoms with van der Waals surface area (Å²) in [6.07, 6.45) is 2.03. The SMILES string of the molecule is CC1=C(C#N)C(=O)N(CCc2ccccc2)C(=O)/C1=C/c1ccc(-c2cc(Cl)ccc2Cl)o1. The van der Waals surface area contributed by atoms with Crippen LogP contribution in [-0.4, -0.2) is 23.3 Å². The summed E-state index contributed by atoms with van der Waals surface area (Å²) in [6.45, 7) is 1.76. The Kier molecular flexibility index (Phi) is 6.50. The molecule has 0 aliphatic carbocycles. The first-order valence-electron chi connectivity index (χ1n) is 10.2. The number of rotatable bonds is 5. The van der Waals surface area contributed by atoms with Crippen LogP contribution in [0.2, 0.25) is 10.0 Å². The van der Waals surface area contributed by atoms with Crippen molar-refractivity contribution in [2.75, 3.05) is 6.54 Å². The molecule has 0 saturated heterocycles. The fourth-order valence-electron chi connectivity index (χ4n) is 3.62. The van der Waals surface area contributed by atoms with Gasteiger partial charge in [-0.25, -0.2) is 0 Å². The average Bonchev–Trinajstić information content (AvgIpc) is 3.28. The molecule has 5 nitrogen and oxygen atoms in total. The van der Waals surface area contributed by atoms with E-state index in [1.807, 2.05) is 36.4 Å². The Balaban J connectivity index is 1.67. The van der Waals surface area contributed by atoms with Crippen LogP contribution in [0.5, 0.6) is 0 Å². The topological polar surface area (TPSA) is 74.3 Å². The molecule has 7 heteroatoms. The molecule has 1 aliphatic rings. The molecule has 0 radical (unpaired) electrons. The van der Waals surface area contributed by atoms with Crippen LogP contribution < -0.4 is 0 Å². The summed E-state index contributed by atoms with van der Waals surface area (Å²) in [5, 5.41) is 10.6. The van der Waals surface area contributed by atoms with Gasteiger partial charge in [0.05, 0.1) is 5.02 Å². The molecule has 0 saturated carbocycles. The van der Waals surface area contributed by atoms with Gasteiger partial charge in [-0.05, 0) is 60.9 Å². The molecule has 0 spiro atoms. The highest BCUT2D eigenvalue weighted by molar-refractivity contribution is 6.35. The molecule has 33 heavy (non-hydrogen) atoms. The van der Waals surface area contributed by atoms with Gasteiger partial charge in [0, 0.05) is 22.7 Å². The Bertz CT molecular complexity index is 1350. The number of hydrogen-bond donors (Lipinski definition) is 0. The van der Waals surface area contributed by atoms with E-state index in [2.05, 4.69) is 0 Å². The summed E-state index contributed by atoms with van der Waals surface area (Å²) in [4.78, 5) is 27.1. The monoisotopic (exact) mass is 476 g/mol. The number of hydrogen-bond acceptors (Lipinski definition) is 4. The van der Waals surface area contributed by atoms with E-state index in [0.717, 1.165) is 10.5 Å². The lowest BCUT2D eigenvalue weighted by Gasteiger charge is -2.27. The van der Waals surface area contributed by atoms with Gasteiger partial charge in [-0.3, -0.25) is 14.5 Å². The zero-order chi connectivity index (χ0) is 23.5. The maximum Gasteiger partial charge on any atom is 0.271 e. The predicted molar refractivity (Wildman–Crippen MR) is 127 cm³/mol. The second kappa shape index (κ2) is 9.50. The van der Waals surface area contributed by atoms with Gasteiger partial charge < -0.3 is 4.42 Å². The first-order valence-corrected chi connectivity index (χ1v) is 10.9. The minimum Gasteiger partial charge on any atom is -0.457 e. The highest BCUT2D eigenvalue weighted by Crippen LogP contribution is 2.33. The van der Waals surface area contributed by atoms with Crippen molar-refractivity contribution in [2.24, 2.45) is 0 Å². The molecule has 3 aromatic rings. The van der Waals surface area contributed by atoms with E-state index in [4.69, 9.17) is 27.6 Å².